The fourth-order valence-corrected chi connectivity index (χ4v) is 3.70. The van der Waals surface area contributed by atoms with Crippen LogP contribution >= 0.6 is 0 Å². The summed E-state index contributed by atoms with van der Waals surface area (Å²) < 4.78 is 0. The summed E-state index contributed by atoms with van der Waals surface area (Å²) in [5.74, 6) is 1.88. The number of pyridine rings is 1. The lowest BCUT2D eigenvalue weighted by molar-refractivity contribution is 1.04. The molecule has 0 saturated carbocycles. The summed E-state index contributed by atoms with van der Waals surface area (Å²) in [5.41, 5.74) is 6.87. The maximum Gasteiger partial charge on any atom is 0.164 e. The third kappa shape index (κ3) is 4.85. The number of hydrogen-bond donors (Lipinski definition) is 0. The number of nitrogens with zero attached hydrogens (tertiary/aromatic N) is 4. The Morgan fingerprint density at radius 2 is 1.42 bits per heavy atom. The Bertz CT molecular complexity index is 1350. The van der Waals surface area contributed by atoms with Gasteiger partial charge in [0.25, 0.3) is 0 Å². The molecular formula is C29H26N4. The highest BCUT2D eigenvalue weighted by Gasteiger charge is 2.16. The first-order valence-corrected chi connectivity index (χ1v) is 10.9. The number of aromatic nitrogens is 4. The predicted octanol–water partition coefficient (Wildman–Crippen LogP) is 7.03. The van der Waals surface area contributed by atoms with Crippen molar-refractivity contribution < 1.29 is 0 Å². The van der Waals surface area contributed by atoms with Gasteiger partial charge in [-0.25, -0.2) is 15.0 Å². The summed E-state index contributed by atoms with van der Waals surface area (Å²) in [6.07, 6.45) is 7.58. The second-order valence-corrected chi connectivity index (χ2v) is 7.64. The van der Waals surface area contributed by atoms with E-state index in [1.54, 1.807) is 6.08 Å². The molecule has 2 heterocycles. The molecule has 0 spiro atoms. The summed E-state index contributed by atoms with van der Waals surface area (Å²) >= 11 is 0. The maximum absolute atomic E-state index is 4.89. The van der Waals surface area contributed by atoms with Crippen LogP contribution in [-0.2, 0) is 0 Å². The van der Waals surface area contributed by atoms with Gasteiger partial charge in [0.1, 0.15) is 0 Å². The highest BCUT2D eigenvalue weighted by Crippen LogP contribution is 2.33. The first kappa shape index (κ1) is 22.0. The number of benzene rings is 2. The number of aryl methyl sites for hydroxylation is 2. The highest BCUT2D eigenvalue weighted by atomic mass is 15.0. The van der Waals surface area contributed by atoms with Crippen molar-refractivity contribution in [3.63, 3.8) is 0 Å². The highest BCUT2D eigenvalue weighted by molar-refractivity contribution is 5.83. The van der Waals surface area contributed by atoms with Crippen molar-refractivity contribution in [2.24, 2.45) is 0 Å². The summed E-state index contributed by atoms with van der Waals surface area (Å²) in [6, 6.07) is 22.3. The second kappa shape index (κ2) is 9.96. The summed E-state index contributed by atoms with van der Waals surface area (Å²) in [7, 11) is 0. The molecule has 162 valence electrons. The van der Waals surface area contributed by atoms with Crippen LogP contribution in [0.25, 0.3) is 39.5 Å². The average Bonchev–Trinajstić information content (AvgIpc) is 2.85. The average molecular weight is 431 g/mol. The molecule has 0 radical (unpaired) electrons. The van der Waals surface area contributed by atoms with E-state index in [2.05, 4.69) is 29.8 Å². The quantitative estimate of drug-likeness (QED) is 0.308. The third-order valence-corrected chi connectivity index (χ3v) is 5.33. The zero-order valence-corrected chi connectivity index (χ0v) is 19.2. The monoisotopic (exact) mass is 430 g/mol. The van der Waals surface area contributed by atoms with Gasteiger partial charge >= 0.3 is 0 Å². The van der Waals surface area contributed by atoms with E-state index in [9.17, 15) is 0 Å². The van der Waals surface area contributed by atoms with Crippen molar-refractivity contribution in [2.75, 3.05) is 0 Å². The van der Waals surface area contributed by atoms with Crippen LogP contribution in [-0.4, -0.2) is 19.9 Å². The Kier molecular flexibility index (Phi) is 6.65. The van der Waals surface area contributed by atoms with E-state index in [1.165, 1.54) is 0 Å². The summed E-state index contributed by atoms with van der Waals surface area (Å²) in [5, 5.41) is 0. The van der Waals surface area contributed by atoms with Gasteiger partial charge in [-0.05, 0) is 32.4 Å². The van der Waals surface area contributed by atoms with Gasteiger partial charge in [-0.15, -0.1) is 0 Å². The van der Waals surface area contributed by atoms with E-state index in [0.717, 1.165) is 39.2 Å². The molecule has 0 atom stereocenters. The number of rotatable bonds is 6. The Hall–Kier alpha value is -4.18. The third-order valence-electron chi connectivity index (χ3n) is 5.33. The van der Waals surface area contributed by atoms with Crippen molar-refractivity contribution in [3.05, 3.63) is 115 Å². The van der Waals surface area contributed by atoms with E-state index < -0.39 is 0 Å². The fraction of sp³-hybridized carbons (Fsp3) is 0.103. The Morgan fingerprint density at radius 1 is 0.727 bits per heavy atom. The molecule has 33 heavy (non-hydrogen) atoms. The first-order valence-electron chi connectivity index (χ1n) is 10.9. The van der Waals surface area contributed by atoms with Crippen LogP contribution in [0.3, 0.4) is 0 Å². The predicted molar refractivity (Wildman–Crippen MR) is 136 cm³/mol. The Morgan fingerprint density at radius 3 is 2.12 bits per heavy atom. The van der Waals surface area contributed by atoms with Gasteiger partial charge in [0.15, 0.2) is 17.5 Å². The molecule has 0 amide bonds. The molecule has 4 rings (SSSR count). The van der Waals surface area contributed by atoms with Crippen molar-refractivity contribution >= 4 is 5.57 Å². The molecule has 0 saturated heterocycles. The van der Waals surface area contributed by atoms with Crippen LogP contribution in [0.5, 0.6) is 0 Å². The van der Waals surface area contributed by atoms with Crippen LogP contribution < -0.4 is 0 Å². The largest absolute Gasteiger partial charge is 0.258 e. The SMILES string of the molecule is C=C/C=C\C(=C/C)c1nc(-c2ccccc2)nc(-c2ccccc2-c2ccc(C)nc2C)n1. The van der Waals surface area contributed by atoms with Gasteiger partial charge in [-0.2, -0.15) is 0 Å². The number of allylic oxidation sites excluding steroid dienone is 5. The topological polar surface area (TPSA) is 51.6 Å². The van der Waals surface area contributed by atoms with Gasteiger partial charge in [-0.1, -0.05) is 91.5 Å². The molecule has 4 aromatic rings. The van der Waals surface area contributed by atoms with Crippen LogP contribution in [0.15, 0.2) is 97.6 Å². The molecular weight excluding hydrogens is 404 g/mol. The molecule has 2 aromatic heterocycles. The van der Waals surface area contributed by atoms with Crippen LogP contribution in [0.4, 0.5) is 0 Å². The molecule has 0 bridgehead atoms. The molecule has 0 N–H and O–H groups in total. The van der Waals surface area contributed by atoms with E-state index >= 15 is 0 Å². The minimum atomic E-state index is 0.619. The lowest BCUT2D eigenvalue weighted by Crippen LogP contribution is -2.03. The van der Waals surface area contributed by atoms with E-state index in [-0.39, 0.29) is 0 Å². The Labute approximate surface area is 195 Å². The van der Waals surface area contributed by atoms with Crippen molar-refractivity contribution in [1.29, 1.82) is 0 Å². The molecule has 2 aromatic carbocycles. The smallest absolute Gasteiger partial charge is 0.164 e. The molecule has 4 heteroatoms. The minimum Gasteiger partial charge on any atom is -0.258 e. The van der Waals surface area contributed by atoms with Gasteiger partial charge in [-0.3, -0.25) is 4.98 Å². The lowest BCUT2D eigenvalue weighted by Gasteiger charge is -2.13. The minimum absolute atomic E-state index is 0.619. The van der Waals surface area contributed by atoms with Gasteiger partial charge in [0.2, 0.25) is 0 Å². The molecule has 0 unspecified atom stereocenters. The first-order chi connectivity index (χ1) is 16.1. The molecule has 0 aliphatic heterocycles. The molecule has 4 nitrogen and oxygen atoms in total. The molecule has 0 aliphatic carbocycles. The number of hydrogen-bond acceptors (Lipinski definition) is 4. The van der Waals surface area contributed by atoms with Gasteiger partial charge in [0.05, 0.1) is 0 Å². The Balaban J connectivity index is 1.96. The van der Waals surface area contributed by atoms with Crippen molar-refractivity contribution in [2.45, 2.75) is 20.8 Å². The summed E-state index contributed by atoms with van der Waals surface area (Å²) in [6.45, 7) is 9.79. The lowest BCUT2D eigenvalue weighted by atomic mass is 9.97. The molecule has 0 fully saturated rings. The van der Waals surface area contributed by atoms with Crippen molar-refractivity contribution in [3.8, 4) is 33.9 Å². The fourth-order valence-electron chi connectivity index (χ4n) is 3.70. The van der Waals surface area contributed by atoms with Crippen LogP contribution in [0.2, 0.25) is 0 Å². The van der Waals surface area contributed by atoms with Crippen molar-refractivity contribution in [1.82, 2.24) is 19.9 Å². The summed E-state index contributed by atoms with van der Waals surface area (Å²) in [4.78, 5) is 19.2. The zero-order chi connectivity index (χ0) is 23.2. The zero-order valence-electron chi connectivity index (χ0n) is 19.2. The van der Waals surface area contributed by atoms with Gasteiger partial charge < -0.3 is 0 Å². The van der Waals surface area contributed by atoms with E-state index in [4.69, 9.17) is 15.0 Å². The van der Waals surface area contributed by atoms with E-state index in [0.29, 0.717) is 17.5 Å². The van der Waals surface area contributed by atoms with Crippen LogP contribution in [0, 0.1) is 13.8 Å². The molecule has 0 aliphatic rings. The normalized spacial score (nSPS) is 11.7. The van der Waals surface area contributed by atoms with Gasteiger partial charge in [0, 0.05) is 33.7 Å². The standard InChI is InChI=1S/C29H26N4/c1-5-7-13-22(6-2)27-31-28(23-14-9-8-10-15-23)33-29(32-27)26-17-12-11-16-25(26)24-19-18-20(3)30-21(24)4/h5-19H,1H2,2-4H3/b13-7-,22-6+. The van der Waals surface area contributed by atoms with E-state index in [1.807, 2.05) is 87.5 Å². The van der Waals surface area contributed by atoms with Crippen LogP contribution in [0.1, 0.15) is 24.1 Å². The maximum atomic E-state index is 4.89. The second-order valence-electron chi connectivity index (χ2n) is 7.64.